The number of nitrogens with zero attached hydrogens (tertiary/aromatic N) is 2. The molecule has 0 aromatic carbocycles. The minimum absolute atomic E-state index is 0.318. The van der Waals surface area contributed by atoms with Crippen LogP contribution in [0.3, 0.4) is 0 Å². The molecule has 1 saturated heterocycles. The van der Waals surface area contributed by atoms with Crippen LogP contribution in [0.15, 0.2) is 24.5 Å². The summed E-state index contributed by atoms with van der Waals surface area (Å²) in [6.07, 6.45) is 6.36. The molecule has 16 heavy (non-hydrogen) atoms. The van der Waals surface area contributed by atoms with Gasteiger partial charge in [-0.05, 0) is 37.1 Å². The van der Waals surface area contributed by atoms with Crippen LogP contribution in [0, 0.1) is 0 Å². The van der Waals surface area contributed by atoms with E-state index in [1.807, 2.05) is 17.0 Å². The molecule has 86 valence electrons. The van der Waals surface area contributed by atoms with Gasteiger partial charge in [0.25, 0.3) is 0 Å². The quantitative estimate of drug-likeness (QED) is 0.839. The van der Waals surface area contributed by atoms with Crippen molar-refractivity contribution in [1.29, 1.82) is 0 Å². The summed E-state index contributed by atoms with van der Waals surface area (Å²) in [5.74, 6) is -0.700. The van der Waals surface area contributed by atoms with E-state index in [1.54, 1.807) is 12.4 Å². The predicted octanol–water partition coefficient (Wildman–Crippen LogP) is 1.52. The topological polar surface area (TPSA) is 53.4 Å². The Balaban J connectivity index is 2.04. The fourth-order valence-electron chi connectivity index (χ4n) is 2.18. The summed E-state index contributed by atoms with van der Waals surface area (Å²) >= 11 is 0. The first-order chi connectivity index (χ1) is 7.77. The van der Waals surface area contributed by atoms with Crippen molar-refractivity contribution in [2.24, 2.45) is 0 Å². The Morgan fingerprint density at radius 1 is 1.44 bits per heavy atom. The number of rotatable bonds is 3. The minimum Gasteiger partial charge on any atom is -0.480 e. The molecule has 0 saturated carbocycles. The zero-order valence-electron chi connectivity index (χ0n) is 9.17. The molecule has 0 aliphatic carbocycles. The summed E-state index contributed by atoms with van der Waals surface area (Å²) < 4.78 is 0. The highest BCUT2D eigenvalue weighted by molar-refractivity contribution is 5.73. The fraction of sp³-hybridized carbons (Fsp3) is 0.500. The Bertz CT molecular complexity index is 353. The Hall–Kier alpha value is -1.42. The van der Waals surface area contributed by atoms with Crippen LogP contribution >= 0.6 is 0 Å². The normalized spacial score (nSPS) is 21.9. The van der Waals surface area contributed by atoms with E-state index < -0.39 is 5.97 Å². The van der Waals surface area contributed by atoms with Gasteiger partial charge >= 0.3 is 5.97 Å². The lowest BCUT2D eigenvalue weighted by Crippen LogP contribution is -2.43. The highest BCUT2D eigenvalue weighted by Crippen LogP contribution is 2.19. The Kier molecular flexibility index (Phi) is 3.51. The van der Waals surface area contributed by atoms with Crippen LogP contribution in [0.4, 0.5) is 0 Å². The van der Waals surface area contributed by atoms with E-state index in [4.69, 9.17) is 5.11 Å². The third-order valence-electron chi connectivity index (χ3n) is 3.03. The molecule has 0 amide bonds. The van der Waals surface area contributed by atoms with Gasteiger partial charge in [0.05, 0.1) is 0 Å². The number of pyridine rings is 1. The maximum absolute atomic E-state index is 11.1. The van der Waals surface area contributed by atoms with Crippen molar-refractivity contribution in [3.8, 4) is 0 Å². The number of carboxylic acid groups (broad SMARTS) is 1. The van der Waals surface area contributed by atoms with Gasteiger partial charge in [0.15, 0.2) is 0 Å². The largest absolute Gasteiger partial charge is 0.480 e. The molecule has 0 radical (unpaired) electrons. The summed E-state index contributed by atoms with van der Waals surface area (Å²) in [5, 5.41) is 9.13. The third-order valence-corrected chi connectivity index (χ3v) is 3.03. The van der Waals surface area contributed by atoms with Crippen LogP contribution in [0.5, 0.6) is 0 Å². The molecule has 2 heterocycles. The molecule has 0 unspecified atom stereocenters. The molecule has 1 N–H and O–H groups in total. The number of aromatic nitrogens is 1. The van der Waals surface area contributed by atoms with Crippen LogP contribution in [-0.4, -0.2) is 33.5 Å². The molecule has 1 aromatic rings. The van der Waals surface area contributed by atoms with Gasteiger partial charge in [-0.2, -0.15) is 0 Å². The van der Waals surface area contributed by atoms with Crippen LogP contribution < -0.4 is 0 Å². The van der Waals surface area contributed by atoms with Crippen LogP contribution in [0.25, 0.3) is 0 Å². The summed E-state index contributed by atoms with van der Waals surface area (Å²) in [5.41, 5.74) is 1.13. The molecule has 1 aliphatic heterocycles. The number of hydrogen-bond acceptors (Lipinski definition) is 3. The lowest BCUT2D eigenvalue weighted by molar-refractivity contribution is -0.144. The zero-order chi connectivity index (χ0) is 11.4. The van der Waals surface area contributed by atoms with Gasteiger partial charge in [-0.1, -0.05) is 6.42 Å². The highest BCUT2D eigenvalue weighted by atomic mass is 16.4. The number of piperidine rings is 1. The molecular formula is C12H16N2O2. The second-order valence-corrected chi connectivity index (χ2v) is 4.18. The van der Waals surface area contributed by atoms with Crippen LogP contribution in [0.1, 0.15) is 24.8 Å². The first-order valence-corrected chi connectivity index (χ1v) is 5.63. The molecular weight excluding hydrogens is 204 g/mol. The molecule has 0 bridgehead atoms. The van der Waals surface area contributed by atoms with E-state index >= 15 is 0 Å². The van der Waals surface area contributed by atoms with Crippen molar-refractivity contribution in [1.82, 2.24) is 9.88 Å². The van der Waals surface area contributed by atoms with E-state index in [0.29, 0.717) is 6.54 Å². The van der Waals surface area contributed by atoms with Crippen molar-refractivity contribution >= 4 is 5.97 Å². The highest BCUT2D eigenvalue weighted by Gasteiger charge is 2.27. The van der Waals surface area contributed by atoms with Crippen LogP contribution in [-0.2, 0) is 11.3 Å². The van der Waals surface area contributed by atoms with E-state index in [1.165, 1.54) is 0 Å². The van der Waals surface area contributed by atoms with Crippen molar-refractivity contribution < 1.29 is 9.90 Å². The average Bonchev–Trinajstić information content (AvgIpc) is 2.31. The SMILES string of the molecule is O=C(O)[C@H]1CCCCN1Cc1ccncc1. The lowest BCUT2D eigenvalue weighted by Gasteiger charge is -2.32. The number of carboxylic acids is 1. The number of carbonyl (C=O) groups is 1. The number of aliphatic carboxylic acids is 1. The molecule has 4 nitrogen and oxygen atoms in total. The van der Waals surface area contributed by atoms with E-state index in [2.05, 4.69) is 4.98 Å². The molecule has 1 aliphatic rings. The van der Waals surface area contributed by atoms with E-state index in [9.17, 15) is 4.79 Å². The third kappa shape index (κ3) is 2.58. The van der Waals surface area contributed by atoms with Gasteiger partial charge in [0, 0.05) is 18.9 Å². The van der Waals surface area contributed by atoms with Gasteiger partial charge in [-0.15, -0.1) is 0 Å². The summed E-state index contributed by atoms with van der Waals surface area (Å²) in [7, 11) is 0. The number of likely N-dealkylation sites (tertiary alicyclic amines) is 1. The van der Waals surface area contributed by atoms with Gasteiger partial charge in [-0.3, -0.25) is 14.7 Å². The van der Waals surface area contributed by atoms with Gasteiger partial charge in [0.2, 0.25) is 0 Å². The molecule has 0 spiro atoms. The standard InChI is InChI=1S/C12H16N2O2/c15-12(16)11-3-1-2-8-14(11)9-10-4-6-13-7-5-10/h4-7,11H,1-3,8-9H2,(H,15,16)/t11-/m1/s1. The molecule has 1 atom stereocenters. The second-order valence-electron chi connectivity index (χ2n) is 4.18. The maximum Gasteiger partial charge on any atom is 0.320 e. The Morgan fingerprint density at radius 2 is 2.19 bits per heavy atom. The minimum atomic E-state index is -0.700. The molecule has 4 heteroatoms. The summed E-state index contributed by atoms with van der Waals surface area (Å²) in [4.78, 5) is 17.1. The molecule has 1 fully saturated rings. The van der Waals surface area contributed by atoms with E-state index in [-0.39, 0.29) is 6.04 Å². The van der Waals surface area contributed by atoms with Crippen LogP contribution in [0.2, 0.25) is 0 Å². The summed E-state index contributed by atoms with van der Waals surface area (Å²) in [6, 6.07) is 3.56. The molecule has 1 aromatic heterocycles. The Morgan fingerprint density at radius 3 is 2.88 bits per heavy atom. The first kappa shape index (κ1) is 11.1. The smallest absolute Gasteiger partial charge is 0.320 e. The second kappa shape index (κ2) is 5.07. The average molecular weight is 220 g/mol. The molecule has 2 rings (SSSR count). The van der Waals surface area contributed by atoms with Gasteiger partial charge < -0.3 is 5.11 Å². The summed E-state index contributed by atoms with van der Waals surface area (Å²) in [6.45, 7) is 1.58. The maximum atomic E-state index is 11.1. The van der Waals surface area contributed by atoms with Crippen molar-refractivity contribution in [2.45, 2.75) is 31.8 Å². The van der Waals surface area contributed by atoms with Gasteiger partial charge in [-0.25, -0.2) is 0 Å². The zero-order valence-corrected chi connectivity index (χ0v) is 9.17. The monoisotopic (exact) mass is 220 g/mol. The lowest BCUT2D eigenvalue weighted by atomic mass is 10.0. The van der Waals surface area contributed by atoms with Gasteiger partial charge in [0.1, 0.15) is 6.04 Å². The number of hydrogen-bond donors (Lipinski definition) is 1. The van der Waals surface area contributed by atoms with E-state index in [0.717, 1.165) is 31.4 Å². The van der Waals surface area contributed by atoms with Crippen molar-refractivity contribution in [3.63, 3.8) is 0 Å². The van der Waals surface area contributed by atoms with Crippen molar-refractivity contribution in [3.05, 3.63) is 30.1 Å². The Labute approximate surface area is 94.9 Å². The predicted molar refractivity (Wildman–Crippen MR) is 59.9 cm³/mol. The van der Waals surface area contributed by atoms with Crippen molar-refractivity contribution in [2.75, 3.05) is 6.54 Å². The first-order valence-electron chi connectivity index (χ1n) is 5.63. The fourth-order valence-corrected chi connectivity index (χ4v) is 2.18.